The van der Waals surface area contributed by atoms with Gasteiger partial charge in [0.05, 0.1) is 11.0 Å². The van der Waals surface area contributed by atoms with Crippen LogP contribution in [0.2, 0.25) is 0 Å². The van der Waals surface area contributed by atoms with Gasteiger partial charge in [0.1, 0.15) is 11.2 Å². The Bertz CT molecular complexity index is 1030. The van der Waals surface area contributed by atoms with Crippen LogP contribution in [0.4, 0.5) is 5.69 Å². The topological polar surface area (TPSA) is 25.5 Å². The van der Waals surface area contributed by atoms with Crippen molar-refractivity contribution in [3.63, 3.8) is 0 Å². The molecule has 0 atom stereocenters. The Hall–Kier alpha value is -2.87. The van der Waals surface area contributed by atoms with Crippen LogP contribution in [0.1, 0.15) is 5.56 Å². The molecular weight excluding hydrogens is 270 g/mol. The van der Waals surface area contributed by atoms with Crippen molar-refractivity contribution in [1.29, 1.82) is 0 Å². The number of para-hydroxylation sites is 2. The fourth-order valence-corrected chi connectivity index (χ4v) is 2.68. The van der Waals surface area contributed by atoms with Crippen LogP contribution in [0.3, 0.4) is 0 Å². The molecule has 3 aromatic carbocycles. The molecule has 0 radical (unpaired) electrons. The second-order valence-electron chi connectivity index (χ2n) is 5.39. The first-order valence-electron chi connectivity index (χ1n) is 7.33. The van der Waals surface area contributed by atoms with E-state index >= 15 is 0 Å². The minimum atomic E-state index is 0.855. The van der Waals surface area contributed by atoms with E-state index in [9.17, 15) is 0 Å². The second-order valence-corrected chi connectivity index (χ2v) is 5.39. The standard InChI is InChI=1S/C20H15NO/c1-14-11-12-19-17(13-14)20(21-15-7-3-2-4-8-15)16-9-5-6-10-18(16)22-19/h2-13H,1H3. The molecule has 4 aromatic rings. The molecule has 0 aliphatic heterocycles. The van der Waals surface area contributed by atoms with Gasteiger partial charge in [-0.1, -0.05) is 42.0 Å². The van der Waals surface area contributed by atoms with Gasteiger partial charge in [-0.05, 0) is 43.3 Å². The van der Waals surface area contributed by atoms with Crippen molar-refractivity contribution in [1.82, 2.24) is 0 Å². The molecule has 0 unspecified atom stereocenters. The fraction of sp³-hybridized carbons (Fsp3) is 0.0500. The van der Waals surface area contributed by atoms with Gasteiger partial charge in [0.25, 0.3) is 0 Å². The number of fused-ring (bicyclic) bond motifs is 2. The molecule has 0 saturated heterocycles. The first-order valence-corrected chi connectivity index (χ1v) is 7.33. The molecule has 0 saturated carbocycles. The lowest BCUT2D eigenvalue weighted by molar-refractivity contribution is 0.659. The molecule has 0 aliphatic carbocycles. The van der Waals surface area contributed by atoms with Crippen LogP contribution >= 0.6 is 0 Å². The van der Waals surface area contributed by atoms with Gasteiger partial charge in [-0.2, -0.15) is 0 Å². The molecule has 0 amide bonds. The van der Waals surface area contributed by atoms with E-state index in [0.717, 1.165) is 33.0 Å². The van der Waals surface area contributed by atoms with Gasteiger partial charge < -0.3 is 4.42 Å². The third-order valence-electron chi connectivity index (χ3n) is 3.75. The highest BCUT2D eigenvalue weighted by atomic mass is 16.3. The first kappa shape index (κ1) is 12.8. The summed E-state index contributed by atoms with van der Waals surface area (Å²) < 4.78 is 6.02. The third-order valence-corrected chi connectivity index (χ3v) is 3.75. The summed E-state index contributed by atoms with van der Waals surface area (Å²) in [5.41, 5.74) is 3.86. The fourth-order valence-electron chi connectivity index (χ4n) is 2.68. The second kappa shape index (κ2) is 5.15. The summed E-state index contributed by atoms with van der Waals surface area (Å²) in [6.45, 7) is 2.08. The van der Waals surface area contributed by atoms with Crippen molar-refractivity contribution < 1.29 is 4.42 Å². The zero-order chi connectivity index (χ0) is 14.9. The summed E-state index contributed by atoms with van der Waals surface area (Å²) >= 11 is 0. The Labute approximate surface area is 128 Å². The lowest BCUT2D eigenvalue weighted by atomic mass is 10.1. The molecule has 22 heavy (non-hydrogen) atoms. The minimum Gasteiger partial charge on any atom is -0.456 e. The molecular formula is C20H15NO. The van der Waals surface area contributed by atoms with Crippen molar-refractivity contribution in [2.75, 3.05) is 0 Å². The maximum Gasteiger partial charge on any atom is 0.136 e. The molecule has 0 bridgehead atoms. The predicted octanol–water partition coefficient (Wildman–Crippen LogP) is 5.13. The van der Waals surface area contributed by atoms with Crippen LogP contribution in [0.15, 0.2) is 82.2 Å². The Balaban J connectivity index is 2.20. The normalized spacial score (nSPS) is 12.1. The van der Waals surface area contributed by atoms with Gasteiger partial charge in [0.2, 0.25) is 0 Å². The maximum atomic E-state index is 6.02. The Morgan fingerprint density at radius 1 is 0.727 bits per heavy atom. The van der Waals surface area contributed by atoms with Crippen molar-refractivity contribution in [2.24, 2.45) is 4.99 Å². The number of rotatable bonds is 1. The molecule has 106 valence electrons. The van der Waals surface area contributed by atoms with Crippen molar-refractivity contribution in [3.8, 4) is 0 Å². The van der Waals surface area contributed by atoms with Crippen LogP contribution in [0.5, 0.6) is 0 Å². The van der Waals surface area contributed by atoms with Crippen LogP contribution < -0.4 is 5.36 Å². The molecule has 4 rings (SSSR count). The average Bonchev–Trinajstić information content (AvgIpc) is 2.56. The Kier molecular flexibility index (Phi) is 3.01. The quantitative estimate of drug-likeness (QED) is 0.445. The molecule has 1 heterocycles. The monoisotopic (exact) mass is 285 g/mol. The van der Waals surface area contributed by atoms with Gasteiger partial charge in [-0.25, -0.2) is 4.99 Å². The van der Waals surface area contributed by atoms with Gasteiger partial charge in [-0.3, -0.25) is 0 Å². The van der Waals surface area contributed by atoms with Gasteiger partial charge in [0, 0.05) is 10.8 Å². The highest BCUT2D eigenvalue weighted by molar-refractivity contribution is 5.89. The van der Waals surface area contributed by atoms with E-state index in [0.29, 0.717) is 0 Å². The first-order chi connectivity index (χ1) is 10.8. The molecule has 0 spiro atoms. The number of benzene rings is 3. The average molecular weight is 285 g/mol. The van der Waals surface area contributed by atoms with E-state index in [1.54, 1.807) is 0 Å². The number of aryl methyl sites for hydroxylation is 1. The lowest BCUT2D eigenvalue weighted by Gasteiger charge is -2.05. The molecule has 1 aromatic heterocycles. The van der Waals surface area contributed by atoms with Crippen LogP contribution in [-0.4, -0.2) is 0 Å². The number of nitrogens with zero attached hydrogens (tertiary/aromatic N) is 1. The van der Waals surface area contributed by atoms with Gasteiger partial charge in [-0.15, -0.1) is 0 Å². The third kappa shape index (κ3) is 2.19. The van der Waals surface area contributed by atoms with E-state index < -0.39 is 0 Å². The van der Waals surface area contributed by atoms with Gasteiger partial charge in [0.15, 0.2) is 0 Å². The molecule has 0 N–H and O–H groups in total. The minimum absolute atomic E-state index is 0.855. The van der Waals surface area contributed by atoms with E-state index in [4.69, 9.17) is 9.41 Å². The van der Waals surface area contributed by atoms with Crippen LogP contribution in [0.25, 0.3) is 21.9 Å². The predicted molar refractivity (Wildman–Crippen MR) is 90.1 cm³/mol. The highest BCUT2D eigenvalue weighted by Gasteiger charge is 2.06. The van der Waals surface area contributed by atoms with Crippen molar-refractivity contribution >= 4 is 27.6 Å². The summed E-state index contributed by atoms with van der Waals surface area (Å²) in [5.74, 6) is 0. The van der Waals surface area contributed by atoms with Crippen LogP contribution in [0, 0.1) is 6.92 Å². The lowest BCUT2D eigenvalue weighted by Crippen LogP contribution is -2.04. The molecule has 2 nitrogen and oxygen atoms in total. The van der Waals surface area contributed by atoms with Crippen LogP contribution in [-0.2, 0) is 0 Å². The molecule has 0 fully saturated rings. The number of hydrogen-bond donors (Lipinski definition) is 0. The van der Waals surface area contributed by atoms with Gasteiger partial charge >= 0.3 is 0 Å². The van der Waals surface area contributed by atoms with Crippen molar-refractivity contribution in [2.45, 2.75) is 6.92 Å². The molecule has 0 aliphatic rings. The van der Waals surface area contributed by atoms with E-state index in [1.165, 1.54) is 5.56 Å². The zero-order valence-corrected chi connectivity index (χ0v) is 12.3. The zero-order valence-electron chi connectivity index (χ0n) is 12.3. The summed E-state index contributed by atoms with van der Waals surface area (Å²) in [5, 5.41) is 3.04. The SMILES string of the molecule is Cc1ccc2oc3ccccc3c(=Nc3ccccc3)c2c1. The summed E-state index contributed by atoms with van der Waals surface area (Å²) in [6, 6.07) is 24.3. The Morgan fingerprint density at radius 3 is 2.32 bits per heavy atom. The van der Waals surface area contributed by atoms with E-state index in [1.807, 2.05) is 54.6 Å². The van der Waals surface area contributed by atoms with E-state index in [2.05, 4.69) is 25.1 Å². The summed E-state index contributed by atoms with van der Waals surface area (Å²) in [4.78, 5) is 4.88. The molecule has 2 heteroatoms. The summed E-state index contributed by atoms with van der Waals surface area (Å²) in [7, 11) is 0. The number of hydrogen-bond acceptors (Lipinski definition) is 2. The van der Waals surface area contributed by atoms with Crippen molar-refractivity contribution in [3.05, 3.63) is 83.7 Å². The maximum absolute atomic E-state index is 6.02. The smallest absolute Gasteiger partial charge is 0.136 e. The Morgan fingerprint density at radius 2 is 1.45 bits per heavy atom. The summed E-state index contributed by atoms with van der Waals surface area (Å²) in [6.07, 6.45) is 0. The largest absolute Gasteiger partial charge is 0.456 e. The highest BCUT2D eigenvalue weighted by Crippen LogP contribution is 2.20. The van der Waals surface area contributed by atoms with E-state index in [-0.39, 0.29) is 0 Å².